The Morgan fingerprint density at radius 2 is 2.17 bits per heavy atom. The first-order valence-corrected chi connectivity index (χ1v) is 5.31. The second-order valence-electron chi connectivity index (χ2n) is 4.18. The van der Waals surface area contributed by atoms with Crippen molar-refractivity contribution in [2.45, 2.75) is 12.8 Å². The Labute approximate surface area is 102 Å². The molecule has 3 atom stereocenters. The third kappa shape index (κ3) is 3.02. The van der Waals surface area contributed by atoms with E-state index in [2.05, 4.69) is 4.74 Å². The minimum Gasteiger partial charge on any atom is -0.481 e. The fraction of sp³-hybridized carbons (Fsp3) is 0.700. The lowest BCUT2D eigenvalue weighted by molar-refractivity contribution is -0.490. The molecular weight excluding hydrogens is 246 g/mol. The van der Waals surface area contributed by atoms with Gasteiger partial charge in [-0.05, 0) is 0 Å². The number of esters is 1. The molecule has 1 aliphatic carbocycles. The van der Waals surface area contributed by atoms with Crippen molar-refractivity contribution < 1.29 is 29.2 Å². The molecule has 8 heteroatoms. The second-order valence-corrected chi connectivity index (χ2v) is 4.18. The van der Waals surface area contributed by atoms with Crippen LogP contribution in [0, 0.1) is 27.9 Å². The zero-order valence-corrected chi connectivity index (χ0v) is 9.70. The minimum absolute atomic E-state index is 0.191. The summed E-state index contributed by atoms with van der Waals surface area (Å²) in [5, 5.41) is 19.2. The van der Waals surface area contributed by atoms with Crippen LogP contribution in [0.5, 0.6) is 0 Å². The number of carboxylic acid groups (broad SMARTS) is 1. The van der Waals surface area contributed by atoms with Gasteiger partial charge in [0.05, 0.1) is 19.4 Å². The number of nitro groups is 1. The lowest BCUT2D eigenvalue weighted by Crippen LogP contribution is -2.31. The molecule has 1 fully saturated rings. The maximum absolute atomic E-state index is 11.6. The van der Waals surface area contributed by atoms with Gasteiger partial charge in [-0.3, -0.25) is 24.5 Å². The summed E-state index contributed by atoms with van der Waals surface area (Å²) in [6.45, 7) is -0.608. The van der Waals surface area contributed by atoms with Crippen molar-refractivity contribution in [3.8, 4) is 0 Å². The highest BCUT2D eigenvalue weighted by Gasteiger charge is 2.49. The first-order chi connectivity index (χ1) is 8.36. The van der Waals surface area contributed by atoms with Crippen LogP contribution in [-0.4, -0.2) is 41.4 Å². The average Bonchev–Trinajstić information content (AvgIpc) is 2.55. The molecule has 1 aliphatic rings. The van der Waals surface area contributed by atoms with Gasteiger partial charge in [0.2, 0.25) is 6.54 Å². The molecule has 0 aliphatic heterocycles. The summed E-state index contributed by atoms with van der Waals surface area (Å²) in [6.07, 6.45) is -0.687. The van der Waals surface area contributed by atoms with Gasteiger partial charge in [0, 0.05) is 23.2 Å². The second kappa shape index (κ2) is 5.56. The standard InChI is InChI=1S/C10H13NO7/c1-18-10(15)6-2-8(12)5(3-9(13)14)7(6)4-11(16)17/h5-7H,2-4H2,1H3,(H,13,14)/t5-,6-,7-/m1/s1. The molecule has 0 aromatic carbocycles. The van der Waals surface area contributed by atoms with Gasteiger partial charge in [-0.1, -0.05) is 0 Å². The monoisotopic (exact) mass is 259 g/mol. The molecule has 0 bridgehead atoms. The lowest BCUT2D eigenvalue weighted by atomic mass is 9.87. The lowest BCUT2D eigenvalue weighted by Gasteiger charge is -2.17. The van der Waals surface area contributed by atoms with E-state index in [0.717, 1.165) is 7.11 Å². The van der Waals surface area contributed by atoms with Gasteiger partial charge in [0.15, 0.2) is 0 Å². The maximum Gasteiger partial charge on any atom is 0.309 e. The molecule has 1 saturated carbocycles. The number of carboxylic acids is 1. The smallest absolute Gasteiger partial charge is 0.309 e. The topological polar surface area (TPSA) is 124 Å². The number of hydrogen-bond donors (Lipinski definition) is 1. The number of nitrogens with zero attached hydrogens (tertiary/aromatic N) is 1. The molecule has 0 heterocycles. The van der Waals surface area contributed by atoms with E-state index in [1.54, 1.807) is 0 Å². The molecule has 0 aromatic rings. The molecule has 0 amide bonds. The normalized spacial score (nSPS) is 26.9. The van der Waals surface area contributed by atoms with Crippen LogP contribution < -0.4 is 0 Å². The van der Waals surface area contributed by atoms with Crippen LogP contribution in [0.25, 0.3) is 0 Å². The van der Waals surface area contributed by atoms with Crippen LogP contribution in [0.1, 0.15) is 12.8 Å². The highest BCUT2D eigenvalue weighted by Crippen LogP contribution is 2.37. The van der Waals surface area contributed by atoms with E-state index in [1.165, 1.54) is 0 Å². The van der Waals surface area contributed by atoms with Crippen molar-refractivity contribution in [2.75, 3.05) is 13.7 Å². The Morgan fingerprint density at radius 3 is 2.61 bits per heavy atom. The summed E-state index contributed by atoms with van der Waals surface area (Å²) in [5.41, 5.74) is 0. The third-order valence-electron chi connectivity index (χ3n) is 3.13. The highest BCUT2D eigenvalue weighted by atomic mass is 16.6. The molecule has 0 unspecified atom stereocenters. The van der Waals surface area contributed by atoms with E-state index >= 15 is 0 Å². The molecule has 0 radical (unpaired) electrons. The van der Waals surface area contributed by atoms with E-state index in [0.29, 0.717) is 0 Å². The summed E-state index contributed by atoms with van der Waals surface area (Å²) in [7, 11) is 1.13. The number of methoxy groups -OCH3 is 1. The zero-order chi connectivity index (χ0) is 13.9. The number of Topliss-reactive ketones (excluding diaryl/α,β-unsaturated/α-hetero) is 1. The van der Waals surface area contributed by atoms with E-state index < -0.39 is 53.4 Å². The number of ketones is 1. The molecule has 0 spiro atoms. The van der Waals surface area contributed by atoms with Crippen molar-refractivity contribution in [3.05, 3.63) is 10.1 Å². The van der Waals surface area contributed by atoms with Crippen molar-refractivity contribution in [2.24, 2.45) is 17.8 Å². The number of carbonyl (C=O) groups excluding carboxylic acids is 2. The number of rotatable bonds is 5. The van der Waals surface area contributed by atoms with E-state index in [-0.39, 0.29) is 6.42 Å². The highest BCUT2D eigenvalue weighted by molar-refractivity contribution is 5.92. The number of ether oxygens (including phenoxy) is 1. The third-order valence-corrected chi connectivity index (χ3v) is 3.13. The predicted molar refractivity (Wildman–Crippen MR) is 56.2 cm³/mol. The summed E-state index contributed by atoms with van der Waals surface area (Å²) >= 11 is 0. The predicted octanol–water partition coefficient (Wildman–Crippen LogP) is -0.268. The fourth-order valence-corrected chi connectivity index (χ4v) is 2.33. The van der Waals surface area contributed by atoms with Gasteiger partial charge in [-0.2, -0.15) is 0 Å². The Morgan fingerprint density at radius 1 is 1.56 bits per heavy atom. The van der Waals surface area contributed by atoms with Gasteiger partial charge in [-0.25, -0.2) is 0 Å². The molecule has 1 rings (SSSR count). The van der Waals surface area contributed by atoms with Crippen LogP contribution in [-0.2, 0) is 19.1 Å². The molecule has 0 saturated heterocycles. The Balaban J connectivity index is 2.94. The SMILES string of the molecule is COC(=O)[C@@H]1CC(=O)[C@H](CC(=O)O)[C@H]1C[N+](=O)[O-]. The van der Waals surface area contributed by atoms with Gasteiger partial charge in [0.25, 0.3) is 0 Å². The Kier molecular flexibility index (Phi) is 4.35. The first kappa shape index (κ1) is 14.1. The molecule has 1 N–H and O–H groups in total. The molecule has 0 aromatic heterocycles. The van der Waals surface area contributed by atoms with E-state index in [9.17, 15) is 24.5 Å². The van der Waals surface area contributed by atoms with Gasteiger partial charge >= 0.3 is 11.9 Å². The zero-order valence-electron chi connectivity index (χ0n) is 9.70. The Bertz CT molecular complexity index is 392. The quantitative estimate of drug-likeness (QED) is 0.409. The Hall–Kier alpha value is -1.99. The summed E-state index contributed by atoms with van der Waals surface area (Å²) in [6, 6.07) is 0. The van der Waals surface area contributed by atoms with Gasteiger partial charge < -0.3 is 9.84 Å². The summed E-state index contributed by atoms with van der Waals surface area (Å²) in [4.78, 5) is 43.6. The fourth-order valence-electron chi connectivity index (χ4n) is 2.33. The van der Waals surface area contributed by atoms with E-state index in [1.807, 2.05) is 0 Å². The summed E-state index contributed by atoms with van der Waals surface area (Å²) < 4.78 is 4.49. The minimum atomic E-state index is -1.22. The van der Waals surface area contributed by atoms with Crippen molar-refractivity contribution >= 4 is 17.7 Å². The van der Waals surface area contributed by atoms with Crippen molar-refractivity contribution in [1.29, 1.82) is 0 Å². The van der Waals surface area contributed by atoms with Crippen molar-refractivity contribution in [1.82, 2.24) is 0 Å². The van der Waals surface area contributed by atoms with Crippen molar-refractivity contribution in [3.63, 3.8) is 0 Å². The summed E-state index contributed by atoms with van der Waals surface area (Å²) in [5.74, 6) is -5.17. The van der Waals surface area contributed by atoms with E-state index in [4.69, 9.17) is 5.11 Å². The van der Waals surface area contributed by atoms with Crippen LogP contribution >= 0.6 is 0 Å². The molecule has 8 nitrogen and oxygen atoms in total. The number of hydrogen-bond acceptors (Lipinski definition) is 6. The largest absolute Gasteiger partial charge is 0.481 e. The maximum atomic E-state index is 11.6. The number of aliphatic carboxylic acids is 1. The van der Waals surface area contributed by atoms with Gasteiger partial charge in [0.1, 0.15) is 5.78 Å². The first-order valence-electron chi connectivity index (χ1n) is 5.31. The van der Waals surface area contributed by atoms with Crippen LogP contribution in [0.15, 0.2) is 0 Å². The molecule has 100 valence electrons. The molecule has 18 heavy (non-hydrogen) atoms. The van der Waals surface area contributed by atoms with Crippen LogP contribution in [0.3, 0.4) is 0 Å². The number of carbonyl (C=O) groups is 3. The molecular formula is C10H13NO7. The average molecular weight is 259 g/mol. The van der Waals surface area contributed by atoms with Gasteiger partial charge in [-0.15, -0.1) is 0 Å². The van der Waals surface area contributed by atoms with Crippen LogP contribution in [0.4, 0.5) is 0 Å². The van der Waals surface area contributed by atoms with Crippen LogP contribution in [0.2, 0.25) is 0 Å².